The van der Waals surface area contributed by atoms with Gasteiger partial charge in [-0.2, -0.15) is 11.8 Å². The van der Waals surface area contributed by atoms with Crippen LogP contribution in [0.3, 0.4) is 0 Å². The fourth-order valence-electron chi connectivity index (χ4n) is 2.41. The number of carbonyl (C=O) groups excluding carboxylic acids is 1. The summed E-state index contributed by atoms with van der Waals surface area (Å²) in [6.45, 7) is 0. The summed E-state index contributed by atoms with van der Waals surface area (Å²) in [7, 11) is 0. The molecule has 0 aliphatic rings. The summed E-state index contributed by atoms with van der Waals surface area (Å²) in [5.41, 5.74) is 1.71. The molecule has 0 aliphatic heterocycles. The highest BCUT2D eigenvalue weighted by Crippen LogP contribution is 2.22. The summed E-state index contributed by atoms with van der Waals surface area (Å²) < 4.78 is 1.81. The van der Waals surface area contributed by atoms with Gasteiger partial charge >= 0.3 is 0 Å². The molecule has 0 fully saturated rings. The van der Waals surface area contributed by atoms with Crippen LogP contribution in [0.2, 0.25) is 0 Å². The Morgan fingerprint density at radius 2 is 2.08 bits per heavy atom. The zero-order valence-electron chi connectivity index (χ0n) is 13.3. The third-order valence-corrected chi connectivity index (χ3v) is 4.30. The van der Waals surface area contributed by atoms with Crippen LogP contribution in [-0.4, -0.2) is 32.5 Å². The van der Waals surface area contributed by atoms with Gasteiger partial charge in [-0.3, -0.25) is 9.36 Å². The molecular weight excluding hydrogens is 320 g/mol. The maximum absolute atomic E-state index is 12.6. The number of carbonyl (C=O) groups is 1. The van der Waals surface area contributed by atoms with E-state index in [-0.39, 0.29) is 11.8 Å². The molecule has 0 saturated heterocycles. The molecule has 3 rings (SSSR count). The van der Waals surface area contributed by atoms with E-state index in [1.54, 1.807) is 30.5 Å². The lowest BCUT2D eigenvalue weighted by Gasteiger charge is -2.16. The standard InChI is InChI=1S/C18H18N4OS/c1-24-12-16(14-5-3-2-4-6-14)18(23)21-15-7-8-17(20-11-15)22-10-9-19-13-22/h2-11,13,16H,12H2,1H3,(H,21,23)/t16-/m0/s1. The Kier molecular flexibility index (Phi) is 5.28. The van der Waals surface area contributed by atoms with Gasteiger partial charge in [-0.25, -0.2) is 9.97 Å². The second-order valence-corrected chi connectivity index (χ2v) is 6.19. The van der Waals surface area contributed by atoms with Crippen molar-refractivity contribution in [1.82, 2.24) is 14.5 Å². The number of benzene rings is 1. The number of thioether (sulfide) groups is 1. The molecule has 2 heterocycles. The number of pyridine rings is 1. The number of hydrogen-bond acceptors (Lipinski definition) is 4. The van der Waals surface area contributed by atoms with Crippen LogP contribution >= 0.6 is 11.8 Å². The molecular formula is C18H18N4OS. The van der Waals surface area contributed by atoms with Gasteiger partial charge in [0.25, 0.3) is 0 Å². The zero-order chi connectivity index (χ0) is 16.8. The lowest BCUT2D eigenvalue weighted by molar-refractivity contribution is -0.117. The largest absolute Gasteiger partial charge is 0.324 e. The Morgan fingerprint density at radius 1 is 1.25 bits per heavy atom. The molecule has 0 bridgehead atoms. The molecule has 0 aliphatic carbocycles. The first kappa shape index (κ1) is 16.3. The molecule has 122 valence electrons. The molecule has 0 radical (unpaired) electrons. The van der Waals surface area contributed by atoms with Crippen molar-refractivity contribution in [2.75, 3.05) is 17.3 Å². The summed E-state index contributed by atoms with van der Waals surface area (Å²) in [4.78, 5) is 21.0. The molecule has 1 aromatic carbocycles. The van der Waals surface area contributed by atoms with Gasteiger partial charge < -0.3 is 5.32 Å². The summed E-state index contributed by atoms with van der Waals surface area (Å²) in [5.74, 6) is 1.28. The summed E-state index contributed by atoms with van der Waals surface area (Å²) in [5, 5.41) is 2.96. The van der Waals surface area contributed by atoms with Crippen molar-refractivity contribution in [2.45, 2.75) is 5.92 Å². The fourth-order valence-corrected chi connectivity index (χ4v) is 3.09. The van der Waals surface area contributed by atoms with Gasteiger partial charge in [0.2, 0.25) is 5.91 Å². The highest BCUT2D eigenvalue weighted by atomic mass is 32.2. The topological polar surface area (TPSA) is 59.8 Å². The number of imidazole rings is 1. The number of rotatable bonds is 6. The Bertz CT molecular complexity index is 773. The van der Waals surface area contributed by atoms with Gasteiger partial charge in [0.1, 0.15) is 12.1 Å². The third-order valence-electron chi connectivity index (χ3n) is 3.64. The lowest BCUT2D eigenvalue weighted by atomic mass is 10.0. The minimum absolute atomic E-state index is 0.0206. The van der Waals surface area contributed by atoms with Gasteiger partial charge in [-0.05, 0) is 24.0 Å². The first-order chi connectivity index (χ1) is 11.8. The van der Waals surface area contributed by atoms with Crippen LogP contribution in [0.25, 0.3) is 5.82 Å². The quantitative estimate of drug-likeness (QED) is 0.749. The predicted octanol–water partition coefficient (Wildman–Crippen LogP) is 3.35. The average molecular weight is 338 g/mol. The van der Waals surface area contributed by atoms with E-state index in [4.69, 9.17) is 0 Å². The van der Waals surface area contributed by atoms with E-state index in [9.17, 15) is 4.79 Å². The predicted molar refractivity (Wildman–Crippen MR) is 97.6 cm³/mol. The van der Waals surface area contributed by atoms with Crippen LogP contribution in [0.4, 0.5) is 5.69 Å². The summed E-state index contributed by atoms with van der Waals surface area (Å²) >= 11 is 1.66. The monoisotopic (exact) mass is 338 g/mol. The van der Waals surface area contributed by atoms with Crippen LogP contribution in [0.15, 0.2) is 67.4 Å². The SMILES string of the molecule is CSC[C@H](C(=O)Nc1ccc(-n2ccnc2)nc1)c1ccccc1. The van der Waals surface area contributed by atoms with Crippen molar-refractivity contribution < 1.29 is 4.79 Å². The van der Waals surface area contributed by atoms with Gasteiger partial charge in [-0.1, -0.05) is 30.3 Å². The highest BCUT2D eigenvalue weighted by molar-refractivity contribution is 7.98. The molecule has 0 unspecified atom stereocenters. The maximum Gasteiger partial charge on any atom is 0.232 e. The second kappa shape index (κ2) is 7.79. The molecule has 1 N–H and O–H groups in total. The van der Waals surface area contributed by atoms with E-state index in [1.807, 2.05) is 59.5 Å². The van der Waals surface area contributed by atoms with E-state index in [0.29, 0.717) is 5.69 Å². The van der Waals surface area contributed by atoms with Crippen molar-refractivity contribution in [3.8, 4) is 5.82 Å². The molecule has 5 nitrogen and oxygen atoms in total. The second-order valence-electron chi connectivity index (χ2n) is 5.28. The maximum atomic E-state index is 12.6. The number of hydrogen-bond donors (Lipinski definition) is 1. The van der Waals surface area contributed by atoms with Crippen molar-refractivity contribution in [2.24, 2.45) is 0 Å². The van der Waals surface area contributed by atoms with E-state index >= 15 is 0 Å². The van der Waals surface area contributed by atoms with Crippen molar-refractivity contribution in [1.29, 1.82) is 0 Å². The fraction of sp³-hybridized carbons (Fsp3) is 0.167. The first-order valence-electron chi connectivity index (χ1n) is 7.57. The zero-order valence-corrected chi connectivity index (χ0v) is 14.1. The first-order valence-corrected chi connectivity index (χ1v) is 8.96. The van der Waals surface area contributed by atoms with Crippen molar-refractivity contribution in [3.63, 3.8) is 0 Å². The van der Waals surface area contributed by atoms with Crippen molar-refractivity contribution >= 4 is 23.4 Å². The highest BCUT2D eigenvalue weighted by Gasteiger charge is 2.20. The number of nitrogens with one attached hydrogen (secondary N) is 1. The molecule has 1 atom stereocenters. The smallest absolute Gasteiger partial charge is 0.232 e. The number of aromatic nitrogens is 3. The van der Waals surface area contributed by atoms with Crippen molar-refractivity contribution in [3.05, 3.63) is 72.9 Å². The Labute approximate surface area is 145 Å². The molecule has 3 aromatic rings. The molecule has 2 aromatic heterocycles. The summed E-state index contributed by atoms with van der Waals surface area (Å²) in [6, 6.07) is 13.5. The average Bonchev–Trinajstić information content (AvgIpc) is 3.15. The van der Waals surface area contributed by atoms with Crippen LogP contribution in [-0.2, 0) is 4.79 Å². The lowest BCUT2D eigenvalue weighted by Crippen LogP contribution is -2.23. The molecule has 1 amide bonds. The van der Waals surface area contributed by atoms with Gasteiger partial charge in [-0.15, -0.1) is 0 Å². The Hall–Kier alpha value is -2.60. The Morgan fingerprint density at radius 3 is 2.71 bits per heavy atom. The normalized spacial score (nSPS) is 11.9. The Balaban J connectivity index is 1.73. The van der Waals surface area contributed by atoms with E-state index in [0.717, 1.165) is 17.1 Å². The van der Waals surface area contributed by atoms with Crippen LogP contribution < -0.4 is 5.32 Å². The third kappa shape index (κ3) is 3.83. The van der Waals surface area contributed by atoms with E-state index in [1.165, 1.54) is 0 Å². The molecule has 24 heavy (non-hydrogen) atoms. The van der Waals surface area contributed by atoms with Gasteiger partial charge in [0, 0.05) is 18.1 Å². The van der Waals surface area contributed by atoms with Gasteiger partial charge in [0.05, 0.1) is 17.8 Å². The van der Waals surface area contributed by atoms with E-state index < -0.39 is 0 Å². The minimum atomic E-state index is -0.186. The van der Waals surface area contributed by atoms with Gasteiger partial charge in [0.15, 0.2) is 0 Å². The number of anilines is 1. The molecule has 0 spiro atoms. The van der Waals surface area contributed by atoms with Crippen LogP contribution in [0, 0.1) is 0 Å². The molecule has 0 saturated carbocycles. The minimum Gasteiger partial charge on any atom is -0.324 e. The van der Waals surface area contributed by atoms with Crippen LogP contribution in [0.1, 0.15) is 11.5 Å². The molecule has 6 heteroatoms. The summed E-state index contributed by atoms with van der Waals surface area (Å²) in [6.07, 6.45) is 8.87. The van der Waals surface area contributed by atoms with Crippen LogP contribution in [0.5, 0.6) is 0 Å². The number of nitrogens with zero attached hydrogens (tertiary/aromatic N) is 3. The number of amides is 1. The van der Waals surface area contributed by atoms with E-state index in [2.05, 4.69) is 15.3 Å².